The summed E-state index contributed by atoms with van der Waals surface area (Å²) in [6, 6.07) is 36.1. The molecule has 0 radical (unpaired) electrons. The lowest BCUT2D eigenvalue weighted by atomic mass is 10.1. The third-order valence-corrected chi connectivity index (χ3v) is 16.9. The summed E-state index contributed by atoms with van der Waals surface area (Å²) in [5.41, 5.74) is 17.1. The van der Waals surface area contributed by atoms with E-state index in [9.17, 15) is 0 Å². The molecule has 7 heterocycles. The van der Waals surface area contributed by atoms with Gasteiger partial charge in [0.1, 0.15) is 34.5 Å². The average molecular weight is 1320 g/mol. The fourth-order valence-electron chi connectivity index (χ4n) is 11.0. The fraction of sp³-hybridized carbons (Fsp3) is 0.243. The summed E-state index contributed by atoms with van der Waals surface area (Å²) in [4.78, 5) is 39.7. The highest BCUT2D eigenvalue weighted by Gasteiger charge is 2.27. The third kappa shape index (κ3) is 15.9. The summed E-state index contributed by atoms with van der Waals surface area (Å²) >= 11 is 1.64. The molecule has 0 atom stereocenters. The van der Waals surface area contributed by atoms with E-state index in [4.69, 9.17) is 43.4 Å². The van der Waals surface area contributed by atoms with E-state index in [0.29, 0.717) is 30.5 Å². The van der Waals surface area contributed by atoms with Gasteiger partial charge in [-0.1, -0.05) is 6.08 Å². The molecule has 6 aromatic carbocycles. The number of nitrogens with zero attached hydrogens (tertiary/aromatic N) is 16. The van der Waals surface area contributed by atoms with E-state index in [1.54, 1.807) is 91.9 Å². The van der Waals surface area contributed by atoms with Gasteiger partial charge in [-0.2, -0.15) is 15.3 Å². The van der Waals surface area contributed by atoms with Crippen molar-refractivity contribution in [3.63, 3.8) is 0 Å². The predicted molar refractivity (Wildman–Crippen MR) is 383 cm³/mol. The van der Waals surface area contributed by atoms with E-state index < -0.39 is 0 Å². The molecule has 1 aliphatic rings. The highest BCUT2D eigenvalue weighted by molar-refractivity contribution is 7.09. The van der Waals surface area contributed by atoms with E-state index in [1.807, 2.05) is 158 Å². The Morgan fingerprint density at radius 3 is 1.22 bits per heavy atom. The van der Waals surface area contributed by atoms with Crippen LogP contribution in [0.2, 0.25) is 0 Å². The first-order valence-electron chi connectivity index (χ1n) is 31.6. The Labute approximate surface area is 567 Å². The highest BCUT2D eigenvalue weighted by atomic mass is 32.1. The van der Waals surface area contributed by atoms with Crippen molar-refractivity contribution in [3.8, 4) is 68.3 Å². The Hall–Kier alpha value is -11.5. The van der Waals surface area contributed by atoms with Gasteiger partial charge in [-0.25, -0.2) is 19.9 Å². The monoisotopic (exact) mass is 1320 g/mol. The first kappa shape index (κ1) is 65.6. The Morgan fingerprint density at radius 2 is 0.856 bits per heavy atom. The zero-order chi connectivity index (χ0) is 67.7. The van der Waals surface area contributed by atoms with Crippen molar-refractivity contribution in [1.82, 2.24) is 64.2 Å². The highest BCUT2D eigenvalue weighted by Crippen LogP contribution is 2.41. The molecule has 494 valence electrons. The number of fused-ring (bicyclic) bond motifs is 3. The molecule has 1 saturated carbocycles. The maximum absolute atomic E-state index is 6.00. The van der Waals surface area contributed by atoms with Crippen molar-refractivity contribution < 1.29 is 28.4 Å². The van der Waals surface area contributed by atoms with Crippen molar-refractivity contribution in [1.29, 1.82) is 0 Å². The lowest BCUT2D eigenvalue weighted by Gasteiger charge is -2.26. The number of aryl methyl sites for hydroxylation is 4. The molecule has 0 aliphatic heterocycles. The zero-order valence-corrected chi connectivity index (χ0v) is 57.0. The van der Waals surface area contributed by atoms with Crippen LogP contribution in [0, 0.1) is 12.8 Å². The minimum absolute atomic E-state index is 0.0867. The van der Waals surface area contributed by atoms with Crippen molar-refractivity contribution in [2.45, 2.75) is 46.3 Å². The average Bonchev–Trinajstić information content (AvgIpc) is 1.56. The molecular formula is C74H76N16O6S. The lowest BCUT2D eigenvalue weighted by molar-refractivity contribution is 0.241. The zero-order valence-electron chi connectivity index (χ0n) is 56.2. The number of anilines is 6. The first-order chi connectivity index (χ1) is 47.1. The lowest BCUT2D eigenvalue weighted by Crippen LogP contribution is -2.20. The Balaban J connectivity index is 0.000000139. The van der Waals surface area contributed by atoms with Crippen LogP contribution in [0.1, 0.15) is 37.4 Å². The van der Waals surface area contributed by atoms with Crippen molar-refractivity contribution in [2.75, 3.05) is 63.3 Å². The third-order valence-electron chi connectivity index (χ3n) is 16.0. The van der Waals surface area contributed by atoms with Crippen LogP contribution in [-0.4, -0.2) is 119 Å². The largest absolute Gasteiger partial charge is 0.497 e. The Kier molecular flexibility index (Phi) is 19.9. The summed E-state index contributed by atoms with van der Waals surface area (Å²) < 4.78 is 38.8. The number of aromatic nitrogens is 13. The molecule has 0 saturated heterocycles. The minimum atomic E-state index is 0.0867. The number of thiazole rings is 1. The van der Waals surface area contributed by atoms with Crippen LogP contribution in [0.25, 0.3) is 66.9 Å². The number of methoxy groups -OCH3 is 5. The number of hydrogen-bond donors (Lipinski definition) is 0. The molecule has 97 heavy (non-hydrogen) atoms. The molecule has 7 aromatic heterocycles. The maximum Gasteiger partial charge on any atom is 0.125 e. The van der Waals surface area contributed by atoms with Gasteiger partial charge in [-0.05, 0) is 94.1 Å². The van der Waals surface area contributed by atoms with E-state index in [-0.39, 0.29) is 6.10 Å². The van der Waals surface area contributed by atoms with E-state index in [1.165, 1.54) is 12.8 Å². The van der Waals surface area contributed by atoms with Crippen LogP contribution in [0.15, 0.2) is 183 Å². The summed E-state index contributed by atoms with van der Waals surface area (Å²) in [5.74, 6) is 5.15. The topological polar surface area (TPSA) is 209 Å². The fourth-order valence-corrected chi connectivity index (χ4v) is 11.6. The molecular weight excluding hydrogens is 1240 g/mol. The molecule has 0 amide bonds. The second kappa shape index (κ2) is 29.5. The van der Waals surface area contributed by atoms with Gasteiger partial charge in [0.25, 0.3) is 0 Å². The summed E-state index contributed by atoms with van der Waals surface area (Å²) in [6.45, 7) is 12.1. The van der Waals surface area contributed by atoms with Crippen LogP contribution in [0.3, 0.4) is 0 Å². The second-order valence-electron chi connectivity index (χ2n) is 23.6. The molecule has 0 spiro atoms. The SMILES string of the molecule is C=CCN(c1cc(OC)cc(OC)c1)c1ccc2ncc(-c3cnn(C)c3)nc2c1.COc1cc(OC(C)C)cc(N(CC2CC2)c2ccc3ncc(-c4cnn(C)c4)nc3c2)c1.COc1cc(OC)cc(N(Cc2csc(C)n2)c2ccc3ncc(-c4cnn(C)c4)nc3c2)c1. The summed E-state index contributed by atoms with van der Waals surface area (Å²) in [6.07, 6.45) is 21.0. The molecule has 0 N–H and O–H groups in total. The van der Waals surface area contributed by atoms with Gasteiger partial charge in [0.2, 0.25) is 0 Å². The number of ether oxygens (including phenoxy) is 6. The second-order valence-corrected chi connectivity index (χ2v) is 24.6. The summed E-state index contributed by atoms with van der Waals surface area (Å²) in [5, 5.41) is 15.8. The molecule has 22 nitrogen and oxygen atoms in total. The number of rotatable bonds is 22. The first-order valence-corrected chi connectivity index (χ1v) is 32.4. The quantitative estimate of drug-likeness (QED) is 0.0578. The van der Waals surface area contributed by atoms with Crippen LogP contribution < -0.4 is 43.1 Å². The molecule has 14 rings (SSSR count). The normalized spacial score (nSPS) is 11.8. The van der Waals surface area contributed by atoms with Gasteiger partial charge in [-0.3, -0.25) is 29.0 Å². The molecule has 0 bridgehead atoms. The number of hydrogen-bond acceptors (Lipinski definition) is 20. The van der Waals surface area contributed by atoms with E-state index in [0.717, 1.165) is 141 Å². The summed E-state index contributed by atoms with van der Waals surface area (Å²) in [7, 11) is 13.9. The van der Waals surface area contributed by atoms with Crippen molar-refractivity contribution >= 4 is 78.6 Å². The molecule has 1 fully saturated rings. The smallest absolute Gasteiger partial charge is 0.125 e. The van der Waals surface area contributed by atoms with Crippen LogP contribution in [-0.2, 0) is 27.7 Å². The van der Waals surface area contributed by atoms with Gasteiger partial charge in [0.15, 0.2) is 0 Å². The van der Waals surface area contributed by atoms with Gasteiger partial charge in [0.05, 0.1) is 146 Å². The van der Waals surface area contributed by atoms with Gasteiger partial charge >= 0.3 is 0 Å². The van der Waals surface area contributed by atoms with Crippen LogP contribution in [0.4, 0.5) is 34.1 Å². The maximum atomic E-state index is 6.00. The van der Waals surface area contributed by atoms with E-state index in [2.05, 4.69) is 86.2 Å². The minimum Gasteiger partial charge on any atom is -0.497 e. The standard InChI is InChI=1S/C26H29N5O2.C25H24N6O2S.C23H23N5O2/c1-17(2)33-23-10-21(9-22(12-23)32-4)31(15-18-5-6-18)20-7-8-24-25(11-20)29-26(14-27-24)19-13-28-30(3)16-19;1-16-28-18(15-34-16)14-31(20-7-21(32-3)10-22(8-20)33-4)19-5-6-23-24(9-19)29-25(12-26-23)17-11-27-30(2)13-17;1-5-8-28(18-9-19(29-3)12-20(10-18)30-4)17-6-7-21-22(11-17)26-23(14-24-21)16-13-25-27(2)15-16/h7-14,16-18H,5-6,15H2,1-4H3;5-13,15H,14H2,1-4H3;5-7,9-15H,1,8H2,2-4H3. The predicted octanol–water partition coefficient (Wildman–Crippen LogP) is 14.9. The number of benzene rings is 6. The van der Waals surface area contributed by atoms with Crippen LogP contribution in [0.5, 0.6) is 34.5 Å². The van der Waals surface area contributed by atoms with Gasteiger partial charge in [0, 0.05) is 164 Å². The van der Waals surface area contributed by atoms with Crippen molar-refractivity contribution in [2.24, 2.45) is 27.1 Å². The van der Waals surface area contributed by atoms with Crippen molar-refractivity contribution in [3.05, 3.63) is 194 Å². The Bertz CT molecular complexity index is 4860. The van der Waals surface area contributed by atoms with Gasteiger partial charge < -0.3 is 43.1 Å². The Morgan fingerprint density at radius 1 is 0.474 bits per heavy atom. The van der Waals surface area contributed by atoms with Gasteiger partial charge in [-0.15, -0.1) is 17.9 Å². The molecule has 13 aromatic rings. The molecule has 23 heteroatoms. The molecule has 0 unspecified atom stereocenters. The van der Waals surface area contributed by atoms with E-state index >= 15 is 0 Å². The van der Waals surface area contributed by atoms with Crippen LogP contribution >= 0.6 is 11.3 Å². The molecule has 1 aliphatic carbocycles.